The van der Waals surface area contributed by atoms with Crippen LogP contribution in [0.4, 0.5) is 5.69 Å². The van der Waals surface area contributed by atoms with Crippen molar-refractivity contribution in [3.05, 3.63) is 113 Å². The van der Waals surface area contributed by atoms with Gasteiger partial charge in [-0.1, -0.05) is 39.5 Å². The van der Waals surface area contributed by atoms with Crippen molar-refractivity contribution in [3.8, 4) is 23.0 Å². The number of nitrogens with two attached hydrogens (primary N) is 1. The number of hydrogen-bond acceptors (Lipinski definition) is 7. The fraction of sp³-hybridized carbons (Fsp3) is 0.400. The molecule has 312 valence electrons. The Morgan fingerprint density at radius 2 is 1.07 bits per heavy atom. The molecular weight excluding hydrogens is 755 g/mol. The number of aryl methyl sites for hydroxylation is 2. The maximum absolute atomic E-state index is 13.3. The highest BCUT2D eigenvalue weighted by Crippen LogP contribution is 2.53. The van der Waals surface area contributed by atoms with Gasteiger partial charge in [-0.15, -0.1) is 0 Å². The van der Waals surface area contributed by atoms with E-state index >= 15 is 0 Å². The molecule has 0 bridgehead atoms. The number of hydrogen-bond donors (Lipinski definition) is 2. The highest BCUT2D eigenvalue weighted by molar-refractivity contribution is 5.95. The predicted octanol–water partition coefficient (Wildman–Crippen LogP) is 9.78. The second kappa shape index (κ2) is 14.1. The highest BCUT2D eigenvalue weighted by atomic mass is 16.7. The molecule has 4 aromatic carbocycles. The fourth-order valence-electron chi connectivity index (χ4n) is 9.27. The maximum Gasteiger partial charge on any atom is 0.314 e. The van der Waals surface area contributed by atoms with Gasteiger partial charge in [-0.05, 0) is 135 Å². The number of aliphatic carboxylic acids is 1. The number of nitrogens with zero attached hydrogens (tertiary/aromatic N) is 2. The average Bonchev–Trinajstić information content (AvgIpc) is 4.19. The predicted molar refractivity (Wildman–Crippen MR) is 233 cm³/mol. The van der Waals surface area contributed by atoms with Gasteiger partial charge in [-0.3, -0.25) is 9.59 Å². The number of anilines is 1. The molecule has 0 radical (unpaired) electrons. The zero-order chi connectivity index (χ0) is 40.9. The number of fused-ring (bicyclic) bond motifs is 4. The number of Topliss-reactive ketones (excluding diaryl/α,β-unsaturated/α-hetero) is 1. The van der Waals surface area contributed by atoms with Crippen LogP contribution in [0.5, 0.6) is 23.0 Å². The number of carboxylic acids is 1. The molecule has 0 spiro atoms. The van der Waals surface area contributed by atoms with Gasteiger partial charge in [0.25, 0.3) is 0 Å². The lowest BCUT2D eigenvalue weighted by Crippen LogP contribution is -2.22. The zero-order valence-electron chi connectivity index (χ0n) is 34.2. The molecule has 12 rings (SSSR count). The van der Waals surface area contributed by atoms with Crippen molar-refractivity contribution in [3.63, 3.8) is 0 Å². The molecule has 10 nitrogen and oxygen atoms in total. The number of ketones is 1. The van der Waals surface area contributed by atoms with Crippen LogP contribution in [-0.4, -0.2) is 39.6 Å². The first-order valence-corrected chi connectivity index (χ1v) is 20.8. The number of carbonyl (C=O) groups is 2. The molecule has 6 aliphatic rings. The van der Waals surface area contributed by atoms with E-state index in [1.807, 2.05) is 30.3 Å². The van der Waals surface area contributed by atoms with Crippen LogP contribution >= 0.6 is 0 Å². The number of benzene rings is 4. The first-order valence-electron chi connectivity index (χ1n) is 20.8. The summed E-state index contributed by atoms with van der Waals surface area (Å²) in [6, 6.07) is 28.6. The van der Waals surface area contributed by atoms with E-state index in [4.69, 9.17) is 29.8 Å². The third-order valence-corrected chi connectivity index (χ3v) is 14.1. The Balaban J connectivity index is 0.000000126. The topological polar surface area (TPSA) is 127 Å². The summed E-state index contributed by atoms with van der Waals surface area (Å²) in [6.07, 6.45) is 8.89. The summed E-state index contributed by atoms with van der Waals surface area (Å²) in [5.41, 5.74) is 14.8. The van der Waals surface area contributed by atoms with Crippen molar-refractivity contribution in [1.29, 1.82) is 0 Å². The van der Waals surface area contributed by atoms with E-state index in [0.717, 1.165) is 46.7 Å². The monoisotopic (exact) mass is 809 g/mol. The van der Waals surface area contributed by atoms with Gasteiger partial charge in [0.15, 0.2) is 23.0 Å². The lowest BCUT2D eigenvalue weighted by atomic mass is 9.87. The molecule has 2 aliphatic heterocycles. The summed E-state index contributed by atoms with van der Waals surface area (Å²) in [5, 5.41) is 11.6. The van der Waals surface area contributed by atoms with Crippen molar-refractivity contribution < 1.29 is 33.6 Å². The molecule has 3 N–H and O–H groups in total. The number of carboxylic acid groups (broad SMARTS) is 1. The molecule has 10 heteroatoms. The molecule has 0 saturated heterocycles. The largest absolute Gasteiger partial charge is 0.481 e. The summed E-state index contributed by atoms with van der Waals surface area (Å²) in [6.45, 7) is 5.16. The molecule has 2 aromatic heterocycles. The quantitative estimate of drug-likeness (QED) is 0.146. The third kappa shape index (κ3) is 6.74. The molecule has 0 atom stereocenters. The molecule has 4 saturated carbocycles. The molecule has 6 aromatic rings. The van der Waals surface area contributed by atoms with Gasteiger partial charge in [0.05, 0.1) is 10.8 Å². The number of carbonyl (C=O) groups excluding carboxylic acids is 1. The fourth-order valence-corrected chi connectivity index (χ4v) is 9.27. The maximum atomic E-state index is 13.3. The van der Waals surface area contributed by atoms with Crippen molar-refractivity contribution >= 4 is 39.2 Å². The summed E-state index contributed by atoms with van der Waals surface area (Å²) < 4.78 is 26.0. The Bertz CT molecular complexity index is 2690. The molecule has 4 aliphatic carbocycles. The van der Waals surface area contributed by atoms with Gasteiger partial charge in [-0.25, -0.2) is 0 Å². The van der Waals surface area contributed by atoms with E-state index < -0.39 is 11.4 Å². The molecule has 0 amide bonds. The normalized spacial score (nSPS) is 19.3. The van der Waals surface area contributed by atoms with Crippen LogP contribution < -0.4 is 24.7 Å². The van der Waals surface area contributed by atoms with Gasteiger partial charge in [0.1, 0.15) is 5.78 Å². The second-order valence-electron chi connectivity index (χ2n) is 18.2. The SMILES string of the molecule is C.Cn1c(C2(C)CC2)cc2cc(CC(=O)C3(c4ccc5c(c4)OCO5)CC3)ccc21.Cn1c(C2(C)CC2)cc2cc(N)ccc21.O=C(O)C1(c2ccc3c(c2)OCO3)CC1. The molecule has 0 unspecified atom stereocenters. The average molecular weight is 810 g/mol. The van der Waals surface area contributed by atoms with E-state index in [-0.39, 0.29) is 26.4 Å². The molecule has 4 fully saturated rings. The van der Waals surface area contributed by atoms with Gasteiger partial charge in [-0.2, -0.15) is 0 Å². The first-order chi connectivity index (χ1) is 28.3. The van der Waals surface area contributed by atoms with Crippen molar-refractivity contribution in [2.45, 2.75) is 101 Å². The third-order valence-electron chi connectivity index (χ3n) is 14.1. The molecule has 4 heterocycles. The van der Waals surface area contributed by atoms with Crippen LogP contribution in [0, 0.1) is 0 Å². The van der Waals surface area contributed by atoms with Crippen LogP contribution in [0.15, 0.2) is 84.9 Å². The summed E-state index contributed by atoms with van der Waals surface area (Å²) >= 11 is 0. The Kier molecular flexibility index (Phi) is 9.30. The minimum absolute atomic E-state index is 0. The smallest absolute Gasteiger partial charge is 0.314 e. The highest BCUT2D eigenvalue weighted by Gasteiger charge is 2.52. The van der Waals surface area contributed by atoms with E-state index in [1.165, 1.54) is 58.9 Å². The Labute approximate surface area is 351 Å². The van der Waals surface area contributed by atoms with E-state index in [2.05, 4.69) is 79.5 Å². The van der Waals surface area contributed by atoms with Gasteiger partial charge in [0, 0.05) is 70.2 Å². The van der Waals surface area contributed by atoms with Crippen molar-refractivity contribution in [2.75, 3.05) is 19.3 Å². The van der Waals surface area contributed by atoms with E-state index in [1.54, 1.807) is 12.1 Å². The Morgan fingerprint density at radius 3 is 1.55 bits per heavy atom. The van der Waals surface area contributed by atoms with E-state index in [0.29, 0.717) is 47.4 Å². The number of rotatable bonds is 8. The van der Waals surface area contributed by atoms with Crippen molar-refractivity contribution in [1.82, 2.24) is 9.13 Å². The first kappa shape index (κ1) is 39.6. The molecule has 60 heavy (non-hydrogen) atoms. The van der Waals surface area contributed by atoms with Gasteiger partial charge < -0.3 is 38.9 Å². The lowest BCUT2D eigenvalue weighted by molar-refractivity contribution is -0.140. The minimum atomic E-state index is -0.749. The number of ether oxygens (including phenoxy) is 4. The minimum Gasteiger partial charge on any atom is -0.481 e. The summed E-state index contributed by atoms with van der Waals surface area (Å²) in [4.78, 5) is 24.4. The standard InChI is InChI=1S/C25H25NO3.C13H16N2.C11H10O4.CH4/c1-24(7-8-24)22-13-17-11-16(3-5-19(17)26(22)2)12-23(27)25(9-10-25)18-4-6-20-21(14-18)29-15-28-20;1-13(5-6-13)12-8-9-7-10(14)3-4-11(9)15(12)2;12-10(13)11(3-4-11)7-1-2-8-9(5-7)15-6-14-8;/h3-6,11,13-14H,7-10,12,15H2,1-2H3;3-4,7-8H,5-6,14H2,1-2H3;1-2,5H,3-4,6H2,(H,12,13);1H4. The van der Waals surface area contributed by atoms with Crippen molar-refractivity contribution in [2.24, 2.45) is 14.1 Å². The number of nitrogen functional groups attached to an aromatic ring is 1. The van der Waals surface area contributed by atoms with E-state index in [9.17, 15) is 9.59 Å². The van der Waals surface area contributed by atoms with Crippen LogP contribution in [0.2, 0.25) is 0 Å². The van der Waals surface area contributed by atoms with Crippen LogP contribution in [0.3, 0.4) is 0 Å². The summed E-state index contributed by atoms with van der Waals surface area (Å²) in [5.74, 6) is 2.43. The zero-order valence-corrected chi connectivity index (χ0v) is 34.2. The lowest BCUT2D eigenvalue weighted by Gasteiger charge is -2.15. The van der Waals surface area contributed by atoms with Gasteiger partial charge in [0.2, 0.25) is 13.6 Å². The number of aromatic nitrogens is 2. The Morgan fingerprint density at radius 1 is 0.600 bits per heavy atom. The van der Waals surface area contributed by atoms with Crippen LogP contribution in [0.1, 0.15) is 101 Å². The Hall–Kier alpha value is -5.90. The second-order valence-corrected chi connectivity index (χ2v) is 18.2. The summed E-state index contributed by atoms with van der Waals surface area (Å²) in [7, 11) is 4.31. The van der Waals surface area contributed by atoms with Crippen LogP contribution in [-0.2, 0) is 51.8 Å². The van der Waals surface area contributed by atoms with Gasteiger partial charge >= 0.3 is 5.97 Å². The molecular formula is C50H55N3O7. The van der Waals surface area contributed by atoms with Crippen LogP contribution in [0.25, 0.3) is 21.8 Å².